The SMILES string of the molecule is Cc1ccc(C(=O)Nc2ncc(C)s2)cn1. The van der Waals surface area contributed by atoms with Gasteiger partial charge >= 0.3 is 0 Å². The van der Waals surface area contributed by atoms with Crippen LogP contribution in [0.5, 0.6) is 0 Å². The van der Waals surface area contributed by atoms with Crippen molar-refractivity contribution in [3.8, 4) is 0 Å². The van der Waals surface area contributed by atoms with E-state index in [0.29, 0.717) is 10.7 Å². The molecule has 0 atom stereocenters. The number of hydrogen-bond donors (Lipinski definition) is 1. The number of anilines is 1. The number of aromatic nitrogens is 2. The van der Waals surface area contributed by atoms with Gasteiger partial charge in [-0.05, 0) is 26.0 Å². The molecule has 0 fully saturated rings. The van der Waals surface area contributed by atoms with E-state index in [4.69, 9.17) is 0 Å². The van der Waals surface area contributed by atoms with Crippen molar-refractivity contribution >= 4 is 22.4 Å². The molecule has 0 saturated heterocycles. The Morgan fingerprint density at radius 2 is 2.06 bits per heavy atom. The molecule has 1 N–H and O–H groups in total. The molecule has 2 heterocycles. The van der Waals surface area contributed by atoms with Crippen LogP contribution in [0.25, 0.3) is 0 Å². The van der Waals surface area contributed by atoms with Gasteiger partial charge in [0.1, 0.15) is 0 Å². The fraction of sp³-hybridized carbons (Fsp3) is 0.182. The molecule has 0 unspecified atom stereocenters. The van der Waals surface area contributed by atoms with Gasteiger partial charge in [0.25, 0.3) is 5.91 Å². The number of amides is 1. The van der Waals surface area contributed by atoms with E-state index >= 15 is 0 Å². The van der Waals surface area contributed by atoms with Gasteiger partial charge in [0.2, 0.25) is 0 Å². The van der Waals surface area contributed by atoms with E-state index in [-0.39, 0.29) is 5.91 Å². The van der Waals surface area contributed by atoms with E-state index in [1.54, 1.807) is 18.5 Å². The molecule has 0 radical (unpaired) electrons. The van der Waals surface area contributed by atoms with Gasteiger partial charge in [0, 0.05) is 23.0 Å². The summed E-state index contributed by atoms with van der Waals surface area (Å²) in [5, 5.41) is 3.34. The van der Waals surface area contributed by atoms with Gasteiger partial charge in [0.05, 0.1) is 5.56 Å². The molecule has 5 heteroatoms. The second-order valence-corrected chi connectivity index (χ2v) is 4.65. The van der Waals surface area contributed by atoms with Gasteiger partial charge in [-0.1, -0.05) is 0 Å². The van der Waals surface area contributed by atoms with Gasteiger partial charge in [-0.2, -0.15) is 0 Å². The number of pyridine rings is 1. The second-order valence-electron chi connectivity index (χ2n) is 3.42. The third kappa shape index (κ3) is 2.43. The number of carbonyl (C=O) groups is 1. The predicted octanol–water partition coefficient (Wildman–Crippen LogP) is 2.41. The van der Waals surface area contributed by atoms with Crippen LogP contribution in [0.4, 0.5) is 5.13 Å². The van der Waals surface area contributed by atoms with Crippen molar-refractivity contribution < 1.29 is 4.79 Å². The first-order valence-electron chi connectivity index (χ1n) is 4.81. The molecule has 0 aliphatic heterocycles. The fourth-order valence-electron chi connectivity index (χ4n) is 1.18. The Balaban J connectivity index is 2.11. The van der Waals surface area contributed by atoms with E-state index < -0.39 is 0 Å². The molecule has 0 bridgehead atoms. The fourth-order valence-corrected chi connectivity index (χ4v) is 1.84. The summed E-state index contributed by atoms with van der Waals surface area (Å²) in [7, 11) is 0. The third-order valence-corrected chi connectivity index (χ3v) is 2.84. The molecular weight excluding hydrogens is 222 g/mol. The zero-order chi connectivity index (χ0) is 11.5. The second kappa shape index (κ2) is 4.40. The van der Waals surface area contributed by atoms with Gasteiger partial charge in [-0.15, -0.1) is 11.3 Å². The van der Waals surface area contributed by atoms with Crippen molar-refractivity contribution in [3.63, 3.8) is 0 Å². The summed E-state index contributed by atoms with van der Waals surface area (Å²) >= 11 is 1.45. The Morgan fingerprint density at radius 1 is 1.25 bits per heavy atom. The quantitative estimate of drug-likeness (QED) is 0.866. The summed E-state index contributed by atoms with van der Waals surface area (Å²) in [5.41, 5.74) is 1.43. The molecule has 0 saturated carbocycles. The number of thiazole rings is 1. The van der Waals surface area contributed by atoms with E-state index in [2.05, 4.69) is 15.3 Å². The van der Waals surface area contributed by atoms with Crippen LogP contribution in [-0.4, -0.2) is 15.9 Å². The largest absolute Gasteiger partial charge is 0.298 e. The lowest BCUT2D eigenvalue weighted by Crippen LogP contribution is -2.11. The van der Waals surface area contributed by atoms with Crippen molar-refractivity contribution in [2.45, 2.75) is 13.8 Å². The maximum atomic E-state index is 11.8. The Morgan fingerprint density at radius 3 is 2.62 bits per heavy atom. The van der Waals surface area contributed by atoms with Crippen LogP contribution >= 0.6 is 11.3 Å². The molecule has 2 rings (SSSR count). The summed E-state index contributed by atoms with van der Waals surface area (Å²) < 4.78 is 0. The third-order valence-electron chi connectivity index (χ3n) is 2.02. The minimum atomic E-state index is -0.179. The van der Waals surface area contributed by atoms with Crippen LogP contribution in [0, 0.1) is 13.8 Å². The zero-order valence-electron chi connectivity index (χ0n) is 9.02. The van der Waals surface area contributed by atoms with Crippen LogP contribution in [0.1, 0.15) is 20.9 Å². The average molecular weight is 233 g/mol. The Bertz CT molecular complexity index is 504. The van der Waals surface area contributed by atoms with Crippen molar-refractivity contribution in [1.29, 1.82) is 0 Å². The highest BCUT2D eigenvalue weighted by Crippen LogP contribution is 2.17. The van der Waals surface area contributed by atoms with Crippen LogP contribution in [0.15, 0.2) is 24.5 Å². The number of nitrogens with one attached hydrogen (secondary N) is 1. The lowest BCUT2D eigenvalue weighted by Gasteiger charge is -2.01. The number of nitrogens with zero attached hydrogens (tertiary/aromatic N) is 2. The first-order valence-corrected chi connectivity index (χ1v) is 5.63. The summed E-state index contributed by atoms with van der Waals surface area (Å²) in [6.07, 6.45) is 3.29. The number of rotatable bonds is 2. The number of aryl methyl sites for hydroxylation is 2. The lowest BCUT2D eigenvalue weighted by molar-refractivity contribution is 0.102. The first kappa shape index (κ1) is 10.8. The maximum Gasteiger partial charge on any atom is 0.259 e. The highest BCUT2D eigenvalue weighted by atomic mass is 32.1. The minimum Gasteiger partial charge on any atom is -0.298 e. The van der Waals surface area contributed by atoms with E-state index in [1.165, 1.54) is 11.3 Å². The maximum absolute atomic E-state index is 11.8. The van der Waals surface area contributed by atoms with Crippen molar-refractivity contribution in [2.75, 3.05) is 5.32 Å². The standard InChI is InChI=1S/C11H11N3OS/c1-7-3-4-9(6-12-7)10(15)14-11-13-5-8(2)16-11/h3-6H,1-2H3,(H,13,14,15). The monoisotopic (exact) mass is 233 g/mol. The molecule has 4 nitrogen and oxygen atoms in total. The summed E-state index contributed by atoms with van der Waals surface area (Å²) in [6, 6.07) is 3.56. The molecule has 2 aromatic rings. The topological polar surface area (TPSA) is 54.9 Å². The summed E-state index contributed by atoms with van der Waals surface area (Å²) in [5.74, 6) is -0.179. The summed E-state index contributed by atoms with van der Waals surface area (Å²) in [6.45, 7) is 3.83. The van der Waals surface area contributed by atoms with Gasteiger partial charge in [-0.25, -0.2) is 4.98 Å². The van der Waals surface area contributed by atoms with Crippen LogP contribution < -0.4 is 5.32 Å². The molecule has 1 amide bonds. The molecule has 0 aromatic carbocycles. The van der Waals surface area contributed by atoms with Crippen molar-refractivity contribution in [3.05, 3.63) is 40.7 Å². The first-order chi connectivity index (χ1) is 7.65. The molecule has 0 aliphatic carbocycles. The Hall–Kier alpha value is -1.75. The van der Waals surface area contributed by atoms with Gasteiger partial charge in [-0.3, -0.25) is 15.1 Å². The molecule has 2 aromatic heterocycles. The smallest absolute Gasteiger partial charge is 0.259 e. The normalized spacial score (nSPS) is 10.1. The highest BCUT2D eigenvalue weighted by molar-refractivity contribution is 7.15. The predicted molar refractivity (Wildman–Crippen MR) is 63.8 cm³/mol. The molecular formula is C11H11N3OS. The van der Waals surface area contributed by atoms with Crippen LogP contribution in [-0.2, 0) is 0 Å². The van der Waals surface area contributed by atoms with E-state index in [1.807, 2.05) is 19.9 Å². The van der Waals surface area contributed by atoms with Gasteiger partial charge in [0.15, 0.2) is 5.13 Å². The van der Waals surface area contributed by atoms with Crippen LogP contribution in [0.3, 0.4) is 0 Å². The van der Waals surface area contributed by atoms with Gasteiger partial charge < -0.3 is 0 Å². The number of carbonyl (C=O) groups excluding carboxylic acids is 1. The molecule has 0 aliphatic rings. The van der Waals surface area contributed by atoms with E-state index in [9.17, 15) is 4.79 Å². The van der Waals surface area contributed by atoms with Crippen LogP contribution in [0.2, 0.25) is 0 Å². The molecule has 0 spiro atoms. The Kier molecular flexibility index (Phi) is 2.96. The lowest BCUT2D eigenvalue weighted by atomic mass is 10.2. The summed E-state index contributed by atoms with van der Waals surface area (Å²) in [4.78, 5) is 21.0. The zero-order valence-corrected chi connectivity index (χ0v) is 9.84. The molecule has 16 heavy (non-hydrogen) atoms. The van der Waals surface area contributed by atoms with E-state index in [0.717, 1.165) is 10.6 Å². The van der Waals surface area contributed by atoms with Crippen molar-refractivity contribution in [1.82, 2.24) is 9.97 Å². The van der Waals surface area contributed by atoms with Crippen molar-refractivity contribution in [2.24, 2.45) is 0 Å². The number of hydrogen-bond acceptors (Lipinski definition) is 4. The Labute approximate surface area is 97.4 Å². The molecule has 82 valence electrons. The minimum absolute atomic E-state index is 0.179. The highest BCUT2D eigenvalue weighted by Gasteiger charge is 2.07. The average Bonchev–Trinajstić information content (AvgIpc) is 2.65.